The van der Waals surface area contributed by atoms with Gasteiger partial charge in [-0.15, -0.1) is 0 Å². The molecule has 0 unspecified atom stereocenters. The topological polar surface area (TPSA) is 0 Å². The third-order valence-electron chi connectivity index (χ3n) is 4.68. The molecule has 0 aromatic heterocycles. The summed E-state index contributed by atoms with van der Waals surface area (Å²) in [5.41, 5.74) is 0. The summed E-state index contributed by atoms with van der Waals surface area (Å²) in [5, 5.41) is 6.62. The lowest BCUT2D eigenvalue weighted by Crippen LogP contribution is -2.33. The fourth-order valence-electron chi connectivity index (χ4n) is 3.41. The van der Waals surface area contributed by atoms with Gasteiger partial charge in [0.05, 0.1) is 0 Å². The van der Waals surface area contributed by atoms with Gasteiger partial charge >= 0.3 is 0 Å². The first-order valence-corrected chi connectivity index (χ1v) is 11.7. The SMILES string of the molecule is CCC[CH2][Al-]([CH2]CCC)([CH2]CCC)[CH2]CCC.F. The van der Waals surface area contributed by atoms with Crippen LogP contribution in [0.3, 0.4) is 0 Å². The molecule has 0 saturated carbocycles. The van der Waals surface area contributed by atoms with Crippen LogP contribution >= 0.6 is 0 Å². The van der Waals surface area contributed by atoms with E-state index in [0.717, 1.165) is 0 Å². The van der Waals surface area contributed by atoms with E-state index in [1.165, 1.54) is 51.4 Å². The van der Waals surface area contributed by atoms with Gasteiger partial charge in [0.25, 0.3) is 0 Å². The van der Waals surface area contributed by atoms with Crippen LogP contribution in [0, 0.1) is 0 Å². The van der Waals surface area contributed by atoms with E-state index in [4.69, 9.17) is 0 Å². The Bertz CT molecular complexity index is 122. The van der Waals surface area contributed by atoms with Crippen LogP contribution in [0.15, 0.2) is 0 Å². The van der Waals surface area contributed by atoms with Crippen molar-refractivity contribution in [2.45, 2.75) is 100 Å². The summed E-state index contributed by atoms with van der Waals surface area (Å²) >= 11 is -1.20. The van der Waals surface area contributed by atoms with Crippen molar-refractivity contribution in [1.82, 2.24) is 0 Å². The highest BCUT2D eigenvalue weighted by Crippen LogP contribution is 2.33. The highest BCUT2D eigenvalue weighted by atomic mass is 27.2. The second-order valence-corrected chi connectivity index (χ2v) is 12.1. The zero-order valence-electron chi connectivity index (χ0n) is 13.5. The molecule has 0 heterocycles. The molecule has 0 aliphatic carbocycles. The van der Waals surface area contributed by atoms with Gasteiger partial charge in [0.15, 0.2) is 0 Å². The molecule has 0 spiro atoms. The summed E-state index contributed by atoms with van der Waals surface area (Å²) in [6.45, 7) is 9.46. The Kier molecular flexibility index (Phi) is 16.0. The zero-order valence-corrected chi connectivity index (χ0v) is 14.6. The van der Waals surface area contributed by atoms with Crippen molar-refractivity contribution < 1.29 is 4.70 Å². The van der Waals surface area contributed by atoms with E-state index in [-0.39, 0.29) is 4.70 Å². The van der Waals surface area contributed by atoms with Crippen molar-refractivity contribution in [3.8, 4) is 0 Å². The molecule has 0 saturated heterocycles. The molecule has 0 fully saturated rings. The molecule has 0 aromatic carbocycles. The molecule has 0 aromatic rings. The number of hydrogen-bond donors (Lipinski definition) is 0. The van der Waals surface area contributed by atoms with Gasteiger partial charge in [-0.25, -0.2) is 0 Å². The highest BCUT2D eigenvalue weighted by Gasteiger charge is 2.26. The number of hydrogen-bond acceptors (Lipinski definition) is 0. The fourth-order valence-corrected chi connectivity index (χ4v) is 10.2. The molecule has 0 amide bonds. The highest BCUT2D eigenvalue weighted by molar-refractivity contribution is 6.79. The second-order valence-electron chi connectivity index (χ2n) is 6.30. The monoisotopic (exact) mass is 275 g/mol. The van der Waals surface area contributed by atoms with Crippen LogP contribution in [0.1, 0.15) is 79.1 Å². The van der Waals surface area contributed by atoms with Crippen molar-refractivity contribution in [3.63, 3.8) is 0 Å². The molecule has 0 N–H and O–H groups in total. The van der Waals surface area contributed by atoms with Crippen LogP contribution in [-0.4, -0.2) is 13.1 Å². The number of unbranched alkanes of at least 4 members (excludes halogenated alkanes) is 4. The quantitative estimate of drug-likeness (QED) is 0.344. The zero-order chi connectivity index (χ0) is 13.0. The Hall–Kier alpha value is 0.462. The maximum atomic E-state index is 2.36. The van der Waals surface area contributed by atoms with E-state index in [9.17, 15) is 0 Å². The normalized spacial score (nSPS) is 11.3. The maximum absolute atomic E-state index is 2.36. The molecular weight excluding hydrogens is 238 g/mol. The third-order valence-corrected chi connectivity index (χ3v) is 11.2. The van der Waals surface area contributed by atoms with Crippen LogP contribution < -0.4 is 0 Å². The van der Waals surface area contributed by atoms with Crippen LogP contribution in [0.2, 0.25) is 21.1 Å². The molecule has 0 bridgehead atoms. The molecule has 0 radical (unpaired) electrons. The van der Waals surface area contributed by atoms with Crippen LogP contribution in [0.5, 0.6) is 0 Å². The molecular formula is C16H37AlF-. The molecule has 0 nitrogen and oxygen atoms in total. The molecule has 0 atom stereocenters. The lowest BCUT2D eigenvalue weighted by molar-refractivity contribution is 0.762. The summed E-state index contributed by atoms with van der Waals surface area (Å²) in [6.07, 6.45) is 11.7. The molecule has 2 heteroatoms. The van der Waals surface area contributed by atoms with Gasteiger partial charge in [-0.05, 0) is 0 Å². The van der Waals surface area contributed by atoms with E-state index in [2.05, 4.69) is 27.7 Å². The van der Waals surface area contributed by atoms with Gasteiger partial charge in [0.1, 0.15) is 13.1 Å². The van der Waals surface area contributed by atoms with Gasteiger partial charge < -0.3 is 0 Å². The lowest BCUT2D eigenvalue weighted by Gasteiger charge is -2.36. The Morgan fingerprint density at radius 1 is 0.500 bits per heavy atom. The van der Waals surface area contributed by atoms with Crippen LogP contribution in [-0.2, 0) is 0 Å². The largest absolute Gasteiger partial charge is 0.269 e. The minimum absolute atomic E-state index is 0. The number of rotatable bonds is 12. The molecule has 0 aliphatic heterocycles. The standard InChI is InChI=1S/4C4H9.Al.FH/c4*1-3-4-2;;/h4*1,3-4H2,2H3;;1H/q;;;;-1;. The van der Waals surface area contributed by atoms with Gasteiger partial charge in [-0.1, -0.05) is 79.1 Å². The Morgan fingerprint density at radius 3 is 0.889 bits per heavy atom. The second kappa shape index (κ2) is 13.9. The summed E-state index contributed by atoms with van der Waals surface area (Å²) in [7, 11) is 0. The third kappa shape index (κ3) is 9.40. The molecule has 0 rings (SSSR count). The fraction of sp³-hybridized carbons (Fsp3) is 1.00. The summed E-state index contributed by atoms with van der Waals surface area (Å²) in [6, 6.07) is 0. The Balaban J connectivity index is 0. The minimum Gasteiger partial charge on any atom is -0.269 e. The Labute approximate surface area is 118 Å². The van der Waals surface area contributed by atoms with E-state index >= 15 is 0 Å². The smallest absolute Gasteiger partial charge is 0.134 e. The van der Waals surface area contributed by atoms with Gasteiger partial charge in [0, 0.05) is 0 Å². The summed E-state index contributed by atoms with van der Waals surface area (Å²) in [5.74, 6) is 0. The van der Waals surface area contributed by atoms with Crippen molar-refractivity contribution in [2.75, 3.05) is 0 Å². The minimum atomic E-state index is -1.20. The first kappa shape index (κ1) is 20.8. The predicted molar refractivity (Wildman–Crippen MR) is 87.1 cm³/mol. The van der Waals surface area contributed by atoms with Crippen LogP contribution in [0.25, 0.3) is 0 Å². The van der Waals surface area contributed by atoms with Crippen molar-refractivity contribution in [1.29, 1.82) is 0 Å². The Morgan fingerprint density at radius 2 is 0.722 bits per heavy atom. The van der Waals surface area contributed by atoms with E-state index < -0.39 is 13.1 Å². The van der Waals surface area contributed by atoms with Crippen molar-refractivity contribution >= 4 is 13.1 Å². The summed E-state index contributed by atoms with van der Waals surface area (Å²) in [4.78, 5) is 0. The molecule has 112 valence electrons. The van der Waals surface area contributed by atoms with Gasteiger partial charge in [-0.3, -0.25) is 4.70 Å². The lowest BCUT2D eigenvalue weighted by atomic mass is 10.4. The first-order valence-electron chi connectivity index (χ1n) is 8.46. The molecule has 0 aliphatic rings. The number of halogens is 1. The first-order chi connectivity index (χ1) is 8.24. The van der Waals surface area contributed by atoms with Crippen molar-refractivity contribution in [2.24, 2.45) is 0 Å². The van der Waals surface area contributed by atoms with E-state index in [1.807, 2.05) is 0 Å². The maximum Gasteiger partial charge on any atom is 0.134 e. The van der Waals surface area contributed by atoms with E-state index in [0.29, 0.717) is 0 Å². The van der Waals surface area contributed by atoms with Crippen molar-refractivity contribution in [3.05, 3.63) is 0 Å². The van der Waals surface area contributed by atoms with Gasteiger partial charge in [0.2, 0.25) is 0 Å². The van der Waals surface area contributed by atoms with Crippen LogP contribution in [0.4, 0.5) is 4.70 Å². The summed E-state index contributed by atoms with van der Waals surface area (Å²) < 4.78 is 0. The predicted octanol–water partition coefficient (Wildman–Crippen LogP) is 6.79. The van der Waals surface area contributed by atoms with Gasteiger partial charge in [-0.2, -0.15) is 21.1 Å². The average Bonchev–Trinajstić information content (AvgIpc) is 2.37. The molecule has 18 heavy (non-hydrogen) atoms. The van der Waals surface area contributed by atoms with E-state index in [1.54, 1.807) is 21.1 Å². The average molecular weight is 275 g/mol.